The van der Waals surface area contributed by atoms with Crippen LogP contribution in [0.25, 0.3) is 22.0 Å². The number of amides is 1. The monoisotopic (exact) mass is 346 g/mol. The highest BCUT2D eigenvalue weighted by Crippen LogP contribution is 2.29. The fourth-order valence-electron chi connectivity index (χ4n) is 3.56. The summed E-state index contributed by atoms with van der Waals surface area (Å²) in [6.07, 6.45) is 6.60. The van der Waals surface area contributed by atoms with Crippen molar-refractivity contribution in [3.8, 4) is 11.1 Å². The van der Waals surface area contributed by atoms with Gasteiger partial charge in [-0.2, -0.15) is 0 Å². The molecular formula is C21H22N4O. The molecule has 1 aliphatic rings. The van der Waals surface area contributed by atoms with Gasteiger partial charge >= 0.3 is 0 Å². The van der Waals surface area contributed by atoms with Gasteiger partial charge in [-0.25, -0.2) is 9.97 Å². The zero-order valence-electron chi connectivity index (χ0n) is 14.8. The molecule has 0 atom stereocenters. The number of carbonyl (C=O) groups excluding carboxylic acids is 1. The Morgan fingerprint density at radius 1 is 1.00 bits per heavy atom. The molecule has 5 heteroatoms. The SMILES string of the molecule is CC(=O)Nc1ccc(-c2ccc3ncnc(NC4CCCC4)c3c2)cc1. The number of hydrogen-bond acceptors (Lipinski definition) is 4. The minimum atomic E-state index is -0.0665. The minimum absolute atomic E-state index is 0.0665. The third-order valence-corrected chi connectivity index (χ3v) is 4.87. The van der Waals surface area contributed by atoms with Crippen molar-refractivity contribution in [3.63, 3.8) is 0 Å². The first kappa shape index (κ1) is 16.5. The lowest BCUT2D eigenvalue weighted by Gasteiger charge is -2.14. The molecular weight excluding hydrogens is 324 g/mol. The van der Waals surface area contributed by atoms with Crippen molar-refractivity contribution in [1.82, 2.24) is 9.97 Å². The Kier molecular flexibility index (Phi) is 4.52. The van der Waals surface area contributed by atoms with Gasteiger partial charge in [0.1, 0.15) is 12.1 Å². The molecule has 2 aromatic carbocycles. The zero-order chi connectivity index (χ0) is 17.9. The predicted octanol–water partition coefficient (Wildman–Crippen LogP) is 4.61. The van der Waals surface area contributed by atoms with Crippen molar-refractivity contribution >= 4 is 28.3 Å². The van der Waals surface area contributed by atoms with Crippen LogP contribution in [0.4, 0.5) is 11.5 Å². The van der Waals surface area contributed by atoms with E-state index >= 15 is 0 Å². The standard InChI is InChI=1S/C21H22N4O/c1-14(26)24-18-9-6-15(7-10-18)16-8-11-20-19(12-16)21(23-13-22-20)25-17-4-2-3-5-17/h6-13,17H,2-5H2,1H3,(H,24,26)(H,22,23,25). The molecule has 132 valence electrons. The van der Waals surface area contributed by atoms with Gasteiger partial charge in [0.05, 0.1) is 5.52 Å². The second-order valence-electron chi connectivity index (χ2n) is 6.84. The Morgan fingerprint density at radius 2 is 1.73 bits per heavy atom. The van der Waals surface area contributed by atoms with Gasteiger partial charge in [-0.3, -0.25) is 4.79 Å². The average molecular weight is 346 g/mol. The van der Waals surface area contributed by atoms with Crippen molar-refractivity contribution in [2.75, 3.05) is 10.6 Å². The maximum atomic E-state index is 11.2. The Hall–Kier alpha value is -2.95. The summed E-state index contributed by atoms with van der Waals surface area (Å²) >= 11 is 0. The summed E-state index contributed by atoms with van der Waals surface area (Å²) in [6.45, 7) is 1.51. The van der Waals surface area contributed by atoms with E-state index in [4.69, 9.17) is 0 Å². The molecule has 26 heavy (non-hydrogen) atoms. The van der Waals surface area contributed by atoms with Gasteiger partial charge in [-0.1, -0.05) is 31.0 Å². The quantitative estimate of drug-likeness (QED) is 0.724. The van der Waals surface area contributed by atoms with E-state index < -0.39 is 0 Å². The van der Waals surface area contributed by atoms with E-state index in [0.29, 0.717) is 6.04 Å². The fourth-order valence-corrected chi connectivity index (χ4v) is 3.56. The van der Waals surface area contributed by atoms with Crippen LogP contribution < -0.4 is 10.6 Å². The van der Waals surface area contributed by atoms with Gasteiger partial charge in [0.2, 0.25) is 5.91 Å². The van der Waals surface area contributed by atoms with E-state index in [1.807, 2.05) is 30.3 Å². The van der Waals surface area contributed by atoms with E-state index in [2.05, 4.69) is 32.7 Å². The number of nitrogens with zero attached hydrogens (tertiary/aromatic N) is 2. The van der Waals surface area contributed by atoms with Gasteiger partial charge in [0, 0.05) is 24.0 Å². The molecule has 1 aromatic heterocycles. The molecule has 0 aliphatic heterocycles. The molecule has 0 spiro atoms. The van der Waals surface area contributed by atoms with Crippen molar-refractivity contribution in [2.24, 2.45) is 0 Å². The first-order valence-electron chi connectivity index (χ1n) is 9.08. The number of anilines is 2. The Balaban J connectivity index is 1.66. The van der Waals surface area contributed by atoms with E-state index in [0.717, 1.165) is 33.5 Å². The lowest BCUT2D eigenvalue weighted by atomic mass is 10.0. The third-order valence-electron chi connectivity index (χ3n) is 4.87. The highest BCUT2D eigenvalue weighted by Gasteiger charge is 2.16. The molecule has 4 rings (SSSR count). The van der Waals surface area contributed by atoms with E-state index in [9.17, 15) is 4.79 Å². The van der Waals surface area contributed by atoms with Crippen molar-refractivity contribution in [1.29, 1.82) is 0 Å². The van der Waals surface area contributed by atoms with Crippen LogP contribution in [0.1, 0.15) is 32.6 Å². The summed E-state index contributed by atoms with van der Waals surface area (Å²) in [7, 11) is 0. The van der Waals surface area contributed by atoms with Crippen LogP contribution in [-0.4, -0.2) is 21.9 Å². The zero-order valence-corrected chi connectivity index (χ0v) is 14.8. The van der Waals surface area contributed by atoms with Crippen LogP contribution in [0.5, 0.6) is 0 Å². The molecule has 1 aliphatic carbocycles. The summed E-state index contributed by atoms with van der Waals surface area (Å²) in [5.41, 5.74) is 3.95. The second-order valence-corrected chi connectivity index (χ2v) is 6.84. The molecule has 0 unspecified atom stereocenters. The third kappa shape index (κ3) is 3.52. The number of hydrogen-bond donors (Lipinski definition) is 2. The van der Waals surface area contributed by atoms with Gasteiger partial charge in [0.15, 0.2) is 0 Å². The Labute approximate surface area is 152 Å². The van der Waals surface area contributed by atoms with Crippen LogP contribution >= 0.6 is 0 Å². The highest BCUT2D eigenvalue weighted by molar-refractivity contribution is 5.93. The lowest BCUT2D eigenvalue weighted by Crippen LogP contribution is -2.15. The fraction of sp³-hybridized carbons (Fsp3) is 0.286. The minimum Gasteiger partial charge on any atom is -0.367 e. The largest absolute Gasteiger partial charge is 0.367 e. The maximum Gasteiger partial charge on any atom is 0.221 e. The highest BCUT2D eigenvalue weighted by atomic mass is 16.1. The van der Waals surface area contributed by atoms with Crippen LogP contribution in [-0.2, 0) is 4.79 Å². The predicted molar refractivity (Wildman–Crippen MR) is 105 cm³/mol. The molecule has 5 nitrogen and oxygen atoms in total. The maximum absolute atomic E-state index is 11.2. The van der Waals surface area contributed by atoms with Gasteiger partial charge in [-0.05, 0) is 48.2 Å². The van der Waals surface area contributed by atoms with Crippen LogP contribution in [0.3, 0.4) is 0 Å². The first-order valence-corrected chi connectivity index (χ1v) is 9.08. The van der Waals surface area contributed by atoms with Crippen LogP contribution in [0.15, 0.2) is 48.8 Å². The lowest BCUT2D eigenvalue weighted by molar-refractivity contribution is -0.114. The van der Waals surface area contributed by atoms with Crippen LogP contribution in [0.2, 0.25) is 0 Å². The van der Waals surface area contributed by atoms with Crippen molar-refractivity contribution < 1.29 is 4.79 Å². The Bertz CT molecular complexity index is 930. The smallest absolute Gasteiger partial charge is 0.221 e. The molecule has 2 N–H and O–H groups in total. The van der Waals surface area contributed by atoms with E-state index in [1.54, 1.807) is 6.33 Å². The summed E-state index contributed by atoms with van der Waals surface area (Å²) in [5.74, 6) is 0.849. The average Bonchev–Trinajstić information content (AvgIpc) is 3.15. The molecule has 3 aromatic rings. The summed E-state index contributed by atoms with van der Waals surface area (Å²) in [6, 6.07) is 14.6. The number of aromatic nitrogens is 2. The summed E-state index contributed by atoms with van der Waals surface area (Å²) in [5, 5.41) is 7.43. The number of carbonyl (C=O) groups is 1. The molecule has 1 amide bonds. The van der Waals surface area contributed by atoms with Crippen LogP contribution in [0, 0.1) is 0 Å². The van der Waals surface area contributed by atoms with Crippen molar-refractivity contribution in [3.05, 3.63) is 48.8 Å². The number of fused-ring (bicyclic) bond motifs is 1. The first-order chi connectivity index (χ1) is 12.7. The molecule has 0 saturated heterocycles. The molecule has 0 radical (unpaired) electrons. The van der Waals surface area contributed by atoms with Gasteiger partial charge < -0.3 is 10.6 Å². The number of nitrogens with one attached hydrogen (secondary N) is 2. The van der Waals surface area contributed by atoms with Gasteiger partial charge in [-0.15, -0.1) is 0 Å². The number of benzene rings is 2. The summed E-state index contributed by atoms with van der Waals surface area (Å²) in [4.78, 5) is 20.0. The van der Waals surface area contributed by atoms with Gasteiger partial charge in [0.25, 0.3) is 0 Å². The van der Waals surface area contributed by atoms with E-state index in [-0.39, 0.29) is 5.91 Å². The summed E-state index contributed by atoms with van der Waals surface area (Å²) < 4.78 is 0. The molecule has 1 saturated carbocycles. The molecule has 1 fully saturated rings. The number of rotatable bonds is 4. The van der Waals surface area contributed by atoms with Crippen molar-refractivity contribution in [2.45, 2.75) is 38.6 Å². The topological polar surface area (TPSA) is 66.9 Å². The Morgan fingerprint density at radius 3 is 2.46 bits per heavy atom. The molecule has 0 bridgehead atoms. The molecule has 1 heterocycles. The normalized spacial score (nSPS) is 14.5. The second kappa shape index (κ2) is 7.12. The van der Waals surface area contributed by atoms with E-state index in [1.165, 1.54) is 32.6 Å².